The average Bonchev–Trinajstić information content (AvgIpc) is 2.76. The van der Waals surface area contributed by atoms with Crippen LogP contribution in [0.15, 0.2) is 0 Å². The third-order valence-corrected chi connectivity index (χ3v) is 4.17. The van der Waals surface area contributed by atoms with Crippen molar-refractivity contribution in [1.29, 1.82) is 0 Å². The van der Waals surface area contributed by atoms with Gasteiger partial charge in [0.25, 0.3) is 0 Å². The van der Waals surface area contributed by atoms with Gasteiger partial charge in [0.2, 0.25) is 0 Å². The van der Waals surface area contributed by atoms with Crippen molar-refractivity contribution in [2.45, 2.75) is 65.3 Å². The lowest BCUT2D eigenvalue weighted by molar-refractivity contribution is 0.118. The minimum absolute atomic E-state index is 0.197. The fourth-order valence-corrected chi connectivity index (χ4v) is 3.17. The highest BCUT2D eigenvalue weighted by Gasteiger charge is 2.35. The van der Waals surface area contributed by atoms with Crippen LogP contribution in [0.5, 0.6) is 0 Å². The molecule has 1 fully saturated rings. The monoisotopic (exact) mass is 270 g/mol. The van der Waals surface area contributed by atoms with Gasteiger partial charge in [-0.15, -0.1) is 0 Å². The fraction of sp³-hybridized carbons (Fsp3) is 1.00. The van der Waals surface area contributed by atoms with Crippen molar-refractivity contribution in [2.24, 2.45) is 5.41 Å². The van der Waals surface area contributed by atoms with Gasteiger partial charge in [-0.1, -0.05) is 19.8 Å². The third-order valence-electron chi connectivity index (χ3n) is 4.17. The van der Waals surface area contributed by atoms with Crippen LogP contribution in [0.4, 0.5) is 0 Å². The number of aliphatic hydroxyl groups excluding tert-OH is 1. The van der Waals surface area contributed by atoms with Gasteiger partial charge in [0.1, 0.15) is 0 Å². The van der Waals surface area contributed by atoms with Gasteiger partial charge >= 0.3 is 0 Å². The van der Waals surface area contributed by atoms with E-state index in [1.165, 1.54) is 32.1 Å². The van der Waals surface area contributed by atoms with Crippen LogP contribution in [0.3, 0.4) is 0 Å². The van der Waals surface area contributed by atoms with E-state index >= 15 is 0 Å². The molecule has 0 aromatic rings. The van der Waals surface area contributed by atoms with Crippen LogP contribution in [0.2, 0.25) is 0 Å². The second-order valence-electron chi connectivity index (χ2n) is 7.31. The Labute approximate surface area is 119 Å². The van der Waals surface area contributed by atoms with Crippen molar-refractivity contribution in [3.05, 3.63) is 0 Å². The molecule has 0 amide bonds. The van der Waals surface area contributed by atoms with Crippen molar-refractivity contribution in [2.75, 3.05) is 32.8 Å². The van der Waals surface area contributed by atoms with Crippen LogP contribution in [0.25, 0.3) is 0 Å². The lowest BCUT2D eigenvalue weighted by Crippen LogP contribution is -2.48. The Hall–Kier alpha value is -0.120. The van der Waals surface area contributed by atoms with E-state index < -0.39 is 0 Å². The predicted octanol–water partition coefficient (Wildman–Crippen LogP) is 2.64. The maximum Gasteiger partial charge on any atom is 0.0558 e. The molecular weight excluding hydrogens is 236 g/mol. The SMILES string of the molecule is CCCN(CCO)CC1(CNC(C)(C)C)CCCC1. The van der Waals surface area contributed by atoms with Crippen molar-refractivity contribution >= 4 is 0 Å². The third kappa shape index (κ3) is 6.24. The number of hydrogen-bond acceptors (Lipinski definition) is 3. The Morgan fingerprint density at radius 3 is 2.26 bits per heavy atom. The van der Waals surface area contributed by atoms with Gasteiger partial charge < -0.3 is 15.3 Å². The lowest BCUT2D eigenvalue weighted by atomic mass is 9.84. The highest BCUT2D eigenvalue weighted by Crippen LogP contribution is 2.38. The maximum atomic E-state index is 9.22. The number of aliphatic hydroxyl groups is 1. The summed E-state index contributed by atoms with van der Waals surface area (Å²) in [6.07, 6.45) is 6.57. The minimum Gasteiger partial charge on any atom is -0.395 e. The van der Waals surface area contributed by atoms with Crippen LogP contribution >= 0.6 is 0 Å². The molecule has 1 aliphatic carbocycles. The number of hydrogen-bond donors (Lipinski definition) is 2. The van der Waals surface area contributed by atoms with Gasteiger partial charge in [0, 0.05) is 25.2 Å². The van der Waals surface area contributed by atoms with E-state index in [1.54, 1.807) is 0 Å². The van der Waals surface area contributed by atoms with E-state index in [2.05, 4.69) is 37.9 Å². The first-order chi connectivity index (χ1) is 8.91. The topological polar surface area (TPSA) is 35.5 Å². The molecule has 0 radical (unpaired) electrons. The first-order valence-corrected chi connectivity index (χ1v) is 7.99. The summed E-state index contributed by atoms with van der Waals surface area (Å²) in [7, 11) is 0. The summed E-state index contributed by atoms with van der Waals surface area (Å²) in [6.45, 7) is 13.4. The van der Waals surface area contributed by atoms with Crippen molar-refractivity contribution in [3.63, 3.8) is 0 Å². The minimum atomic E-state index is 0.197. The number of nitrogens with zero attached hydrogens (tertiary/aromatic N) is 1. The predicted molar refractivity (Wildman–Crippen MR) is 82.5 cm³/mol. The summed E-state index contributed by atoms with van der Waals surface area (Å²) < 4.78 is 0. The van der Waals surface area contributed by atoms with E-state index in [4.69, 9.17) is 0 Å². The summed E-state index contributed by atoms with van der Waals surface area (Å²) in [5, 5.41) is 12.9. The molecule has 0 heterocycles. The van der Waals surface area contributed by atoms with Gasteiger partial charge in [0.05, 0.1) is 6.61 Å². The average molecular weight is 270 g/mol. The smallest absolute Gasteiger partial charge is 0.0558 e. The first-order valence-electron chi connectivity index (χ1n) is 7.99. The zero-order chi connectivity index (χ0) is 14.4. The summed E-state index contributed by atoms with van der Waals surface area (Å²) in [5.41, 5.74) is 0.625. The largest absolute Gasteiger partial charge is 0.395 e. The molecule has 2 N–H and O–H groups in total. The Balaban J connectivity index is 2.59. The van der Waals surface area contributed by atoms with Crippen molar-refractivity contribution in [3.8, 4) is 0 Å². The highest BCUT2D eigenvalue weighted by molar-refractivity contribution is 4.91. The van der Waals surface area contributed by atoms with E-state index in [9.17, 15) is 5.11 Å². The van der Waals surface area contributed by atoms with Crippen LogP contribution < -0.4 is 5.32 Å². The molecule has 3 heteroatoms. The van der Waals surface area contributed by atoms with Gasteiger partial charge in [-0.2, -0.15) is 0 Å². The molecule has 0 unspecified atom stereocenters. The Bertz CT molecular complexity index is 236. The molecule has 1 rings (SSSR count). The molecule has 1 aliphatic rings. The molecule has 0 atom stereocenters. The maximum absolute atomic E-state index is 9.22. The number of rotatable bonds is 8. The zero-order valence-corrected chi connectivity index (χ0v) is 13.5. The normalized spacial score (nSPS) is 19.3. The summed E-state index contributed by atoms with van der Waals surface area (Å²) in [5.74, 6) is 0. The van der Waals surface area contributed by atoms with Gasteiger partial charge in [-0.05, 0) is 52.0 Å². The molecule has 19 heavy (non-hydrogen) atoms. The summed E-state index contributed by atoms with van der Waals surface area (Å²) in [4.78, 5) is 2.45. The van der Waals surface area contributed by atoms with Crippen LogP contribution in [0, 0.1) is 5.41 Å². The Morgan fingerprint density at radius 1 is 1.16 bits per heavy atom. The van der Waals surface area contributed by atoms with Crippen molar-refractivity contribution < 1.29 is 5.11 Å². The van der Waals surface area contributed by atoms with Crippen LogP contribution in [-0.2, 0) is 0 Å². The molecule has 0 spiro atoms. The molecule has 3 nitrogen and oxygen atoms in total. The summed E-state index contributed by atoms with van der Waals surface area (Å²) in [6, 6.07) is 0. The zero-order valence-electron chi connectivity index (χ0n) is 13.5. The molecular formula is C16H34N2O. The van der Waals surface area contributed by atoms with Crippen molar-refractivity contribution in [1.82, 2.24) is 10.2 Å². The van der Waals surface area contributed by atoms with Crippen LogP contribution in [-0.4, -0.2) is 48.3 Å². The molecule has 1 saturated carbocycles. The fourth-order valence-electron chi connectivity index (χ4n) is 3.17. The molecule has 0 aliphatic heterocycles. The van der Waals surface area contributed by atoms with E-state index in [0.29, 0.717) is 5.41 Å². The Morgan fingerprint density at radius 2 is 1.79 bits per heavy atom. The standard InChI is InChI=1S/C16H34N2O/c1-5-10-18(11-12-19)14-16(8-6-7-9-16)13-17-15(2,3)4/h17,19H,5-14H2,1-4H3. The van der Waals surface area contributed by atoms with E-state index in [-0.39, 0.29) is 12.1 Å². The molecule has 0 aromatic heterocycles. The highest BCUT2D eigenvalue weighted by atomic mass is 16.3. The number of nitrogens with one attached hydrogen (secondary N) is 1. The van der Waals surface area contributed by atoms with Gasteiger partial charge in [-0.3, -0.25) is 0 Å². The second kappa shape index (κ2) is 7.61. The van der Waals surface area contributed by atoms with Gasteiger partial charge in [-0.25, -0.2) is 0 Å². The molecule has 0 bridgehead atoms. The van der Waals surface area contributed by atoms with E-state index in [0.717, 1.165) is 26.2 Å². The molecule has 114 valence electrons. The molecule has 0 saturated heterocycles. The Kier molecular flexibility index (Phi) is 6.78. The summed E-state index contributed by atoms with van der Waals surface area (Å²) >= 11 is 0. The lowest BCUT2D eigenvalue weighted by Gasteiger charge is -2.37. The van der Waals surface area contributed by atoms with Gasteiger partial charge in [0.15, 0.2) is 0 Å². The quantitative estimate of drug-likeness (QED) is 0.712. The first kappa shape index (κ1) is 16.9. The second-order valence-corrected chi connectivity index (χ2v) is 7.31. The van der Waals surface area contributed by atoms with Crippen LogP contribution in [0.1, 0.15) is 59.8 Å². The van der Waals surface area contributed by atoms with E-state index in [1.807, 2.05) is 0 Å². The molecule has 0 aromatic carbocycles.